The maximum Gasteiger partial charge on any atom is 0.155 e. The first-order chi connectivity index (χ1) is 14.9. The number of nitrogens with zero attached hydrogens (tertiary/aromatic N) is 2. The molecule has 0 bridgehead atoms. The van der Waals surface area contributed by atoms with Gasteiger partial charge in [0.2, 0.25) is 0 Å². The quantitative estimate of drug-likeness (QED) is 0.172. The molecule has 0 saturated heterocycles. The molecule has 5 nitrogen and oxygen atoms in total. The third-order valence-electron chi connectivity index (χ3n) is 4.69. The van der Waals surface area contributed by atoms with Crippen molar-refractivity contribution >= 4 is 5.78 Å². The third-order valence-corrected chi connectivity index (χ3v) is 4.69. The van der Waals surface area contributed by atoms with Crippen LogP contribution in [0.1, 0.15) is 19.5 Å². The molecule has 0 unspecified atom stereocenters. The average Bonchev–Trinajstić information content (AvgIpc) is 3.32. The number of ketones is 1. The van der Waals surface area contributed by atoms with Crippen LogP contribution in [0, 0.1) is 13.2 Å². The molecule has 4 aromatic rings. The SMILES string of the molecule is CC(=O)/C=C(/C)O.Cc1cnc(-c2[c-]oc(-c3ccccc3)c2-c2ccccc2)n1C.[Ir]. The summed E-state index contributed by atoms with van der Waals surface area (Å²) in [6, 6.07) is 20.4. The van der Waals surface area contributed by atoms with E-state index in [1.807, 2.05) is 68.7 Å². The van der Waals surface area contributed by atoms with E-state index in [-0.39, 0.29) is 31.6 Å². The summed E-state index contributed by atoms with van der Waals surface area (Å²) in [6.07, 6.45) is 6.12. The third kappa shape index (κ3) is 5.94. The molecule has 2 aromatic heterocycles. The number of aliphatic hydroxyl groups is 1. The Kier molecular flexibility index (Phi) is 8.94. The van der Waals surface area contributed by atoms with E-state index in [0.717, 1.165) is 39.5 Å². The number of furan rings is 1. The van der Waals surface area contributed by atoms with E-state index in [1.54, 1.807) is 0 Å². The zero-order valence-corrected chi connectivity index (χ0v) is 20.8. The Balaban J connectivity index is 0.000000398. The fraction of sp³-hybridized carbons (Fsp3) is 0.154. The number of hydrogen-bond acceptors (Lipinski definition) is 4. The molecule has 2 heterocycles. The normalized spacial score (nSPS) is 10.7. The topological polar surface area (TPSA) is 68.3 Å². The Hall–Kier alpha value is -3.21. The van der Waals surface area contributed by atoms with Crippen LogP contribution in [0.25, 0.3) is 33.8 Å². The molecule has 0 aliphatic rings. The standard InChI is InChI=1S/C21H17N2O.C5H8O2.Ir/c1-15-13-22-21(23(15)2)18-14-24-20(17-11-7-4-8-12-17)19(18)16-9-5-3-6-10-16;1-4(6)3-5(2)7;/h3-13H,1-2H3;3,6H,1-2H3;/q-1;;/b;4-3-;. The van der Waals surface area contributed by atoms with Crippen molar-refractivity contribution in [2.75, 3.05) is 0 Å². The van der Waals surface area contributed by atoms with E-state index in [0.29, 0.717) is 0 Å². The number of aliphatic hydroxyl groups excluding tert-OH is 1. The van der Waals surface area contributed by atoms with E-state index >= 15 is 0 Å². The molecule has 167 valence electrons. The van der Waals surface area contributed by atoms with Crippen molar-refractivity contribution in [1.82, 2.24) is 9.55 Å². The van der Waals surface area contributed by atoms with Crippen LogP contribution in [-0.4, -0.2) is 20.4 Å². The summed E-state index contributed by atoms with van der Waals surface area (Å²) in [5.74, 6) is 1.61. The van der Waals surface area contributed by atoms with Crippen LogP contribution >= 0.6 is 0 Å². The number of carbonyl (C=O) groups is 1. The van der Waals surface area contributed by atoms with Crippen molar-refractivity contribution in [2.45, 2.75) is 20.8 Å². The molecule has 0 spiro atoms. The van der Waals surface area contributed by atoms with Gasteiger partial charge in [0.05, 0.1) is 11.6 Å². The maximum atomic E-state index is 10.0. The van der Waals surface area contributed by atoms with Crippen molar-refractivity contribution in [3.05, 3.63) is 90.7 Å². The van der Waals surface area contributed by atoms with Crippen molar-refractivity contribution in [3.63, 3.8) is 0 Å². The van der Waals surface area contributed by atoms with Gasteiger partial charge in [-0.2, -0.15) is 0 Å². The van der Waals surface area contributed by atoms with E-state index in [4.69, 9.17) is 9.52 Å². The van der Waals surface area contributed by atoms with Crippen LogP contribution in [0.2, 0.25) is 0 Å². The van der Waals surface area contributed by atoms with E-state index in [9.17, 15) is 4.79 Å². The van der Waals surface area contributed by atoms with Crippen LogP contribution in [0.4, 0.5) is 0 Å². The number of carbonyl (C=O) groups excluding carboxylic acids is 1. The molecule has 1 N–H and O–H groups in total. The Labute approximate surface area is 201 Å². The first-order valence-corrected chi connectivity index (χ1v) is 9.90. The predicted molar refractivity (Wildman–Crippen MR) is 122 cm³/mol. The number of aryl methyl sites for hydroxylation is 1. The minimum atomic E-state index is -0.125. The monoisotopic (exact) mass is 606 g/mol. The predicted octanol–water partition coefficient (Wildman–Crippen LogP) is 6.16. The van der Waals surface area contributed by atoms with Gasteiger partial charge in [-0.1, -0.05) is 77.4 Å². The van der Waals surface area contributed by atoms with Crippen LogP contribution in [-0.2, 0) is 31.9 Å². The number of rotatable bonds is 4. The summed E-state index contributed by atoms with van der Waals surface area (Å²) >= 11 is 0. The van der Waals surface area contributed by atoms with Gasteiger partial charge in [-0.05, 0) is 26.3 Å². The number of aromatic nitrogens is 2. The molecule has 32 heavy (non-hydrogen) atoms. The molecule has 6 heteroatoms. The second-order valence-electron chi connectivity index (χ2n) is 7.19. The van der Waals surface area contributed by atoms with Gasteiger partial charge >= 0.3 is 0 Å². The van der Waals surface area contributed by atoms with Crippen LogP contribution < -0.4 is 0 Å². The maximum absolute atomic E-state index is 10.0. The van der Waals surface area contributed by atoms with Crippen molar-refractivity contribution in [2.24, 2.45) is 7.05 Å². The zero-order valence-electron chi connectivity index (χ0n) is 18.4. The summed E-state index contributed by atoms with van der Waals surface area (Å²) in [6.45, 7) is 4.89. The number of allylic oxidation sites excluding steroid dienone is 2. The summed E-state index contributed by atoms with van der Waals surface area (Å²) in [5, 5.41) is 8.36. The minimum Gasteiger partial charge on any atom is -0.557 e. The largest absolute Gasteiger partial charge is 0.557 e. The first kappa shape index (κ1) is 25.1. The molecule has 0 amide bonds. The fourth-order valence-corrected chi connectivity index (χ4v) is 3.17. The molecule has 0 fully saturated rings. The minimum absolute atomic E-state index is 0. The van der Waals surface area contributed by atoms with Gasteiger partial charge in [0.1, 0.15) is 0 Å². The Morgan fingerprint density at radius 3 is 2.03 bits per heavy atom. The Bertz CT molecular complexity index is 1190. The van der Waals surface area contributed by atoms with E-state index in [2.05, 4.69) is 27.9 Å². The molecule has 0 atom stereocenters. The summed E-state index contributed by atoms with van der Waals surface area (Å²) < 4.78 is 7.93. The molecule has 1 radical (unpaired) electrons. The van der Waals surface area contributed by atoms with Gasteiger partial charge < -0.3 is 14.1 Å². The zero-order chi connectivity index (χ0) is 22.4. The van der Waals surface area contributed by atoms with Crippen LogP contribution in [0.5, 0.6) is 0 Å². The van der Waals surface area contributed by atoms with Gasteiger partial charge in [0, 0.05) is 57.1 Å². The summed E-state index contributed by atoms with van der Waals surface area (Å²) in [5.41, 5.74) is 5.13. The van der Waals surface area contributed by atoms with Crippen molar-refractivity contribution in [3.8, 4) is 33.8 Å². The summed E-state index contributed by atoms with van der Waals surface area (Å²) in [7, 11) is 2.01. The fourth-order valence-electron chi connectivity index (χ4n) is 3.17. The second-order valence-corrected chi connectivity index (χ2v) is 7.19. The number of hydrogen-bond donors (Lipinski definition) is 1. The molecule has 0 aliphatic heterocycles. The molecular weight excluding hydrogens is 581 g/mol. The number of imidazole rings is 1. The Morgan fingerprint density at radius 2 is 1.59 bits per heavy atom. The molecule has 4 rings (SSSR count). The van der Waals surface area contributed by atoms with Gasteiger partial charge in [-0.25, -0.2) is 0 Å². The van der Waals surface area contributed by atoms with Gasteiger partial charge in [-0.15, -0.1) is 0 Å². The van der Waals surface area contributed by atoms with E-state index < -0.39 is 0 Å². The van der Waals surface area contributed by atoms with E-state index in [1.165, 1.54) is 19.9 Å². The summed E-state index contributed by atoms with van der Waals surface area (Å²) in [4.78, 5) is 14.6. The van der Waals surface area contributed by atoms with Gasteiger partial charge in [0.25, 0.3) is 0 Å². The second kappa shape index (κ2) is 11.4. The van der Waals surface area contributed by atoms with Gasteiger partial charge in [-0.3, -0.25) is 9.78 Å². The first-order valence-electron chi connectivity index (χ1n) is 9.90. The van der Waals surface area contributed by atoms with Crippen LogP contribution in [0.15, 0.2) is 83.1 Å². The smallest absolute Gasteiger partial charge is 0.155 e. The van der Waals surface area contributed by atoms with Crippen LogP contribution in [0.3, 0.4) is 0 Å². The van der Waals surface area contributed by atoms with Crippen molar-refractivity contribution < 1.29 is 34.4 Å². The average molecular weight is 606 g/mol. The molecule has 0 saturated carbocycles. The molecule has 0 aliphatic carbocycles. The molecule has 2 aromatic carbocycles. The number of benzene rings is 2. The van der Waals surface area contributed by atoms with Crippen molar-refractivity contribution in [1.29, 1.82) is 0 Å². The van der Waals surface area contributed by atoms with Gasteiger partial charge in [0.15, 0.2) is 5.78 Å². The Morgan fingerprint density at radius 1 is 1.03 bits per heavy atom. The molecular formula is C26H25IrN2O3-.